The number of rotatable bonds is 1. The first kappa shape index (κ1) is 8.75. The summed E-state index contributed by atoms with van der Waals surface area (Å²) in [5, 5.41) is 15.8. The molecule has 60 valence electrons. The molecule has 0 saturated heterocycles. The zero-order chi connectivity index (χ0) is 9.14. The first-order valence-electron chi connectivity index (χ1n) is 3.19. The summed E-state index contributed by atoms with van der Waals surface area (Å²) >= 11 is 3.22. The second-order valence-electron chi connectivity index (χ2n) is 2.22. The molecule has 1 rings (SSSR count). The van der Waals surface area contributed by atoms with E-state index in [2.05, 4.69) is 15.9 Å². The lowest BCUT2D eigenvalue weighted by Gasteiger charge is -2.00. The first-order chi connectivity index (χ1) is 5.65. The molecule has 0 bridgehead atoms. The van der Waals surface area contributed by atoms with Gasteiger partial charge in [-0.25, -0.2) is 0 Å². The summed E-state index contributed by atoms with van der Waals surface area (Å²) in [7, 11) is 0. The largest absolute Gasteiger partial charge is 0.384 e. The molecule has 0 aliphatic rings. The molecule has 3 N–H and O–H groups in total. The second-order valence-corrected chi connectivity index (χ2v) is 3.13. The summed E-state index contributed by atoms with van der Waals surface area (Å²) in [6.07, 6.45) is 0. The summed E-state index contributed by atoms with van der Waals surface area (Å²) in [6, 6.07) is 6.99. The Morgan fingerprint density at radius 2 is 2.25 bits per heavy atom. The van der Waals surface area contributed by atoms with Crippen LogP contribution in [0.3, 0.4) is 0 Å². The molecule has 0 aromatic heterocycles. The lowest BCUT2D eigenvalue weighted by Crippen LogP contribution is -2.12. The van der Waals surface area contributed by atoms with Gasteiger partial charge in [0.2, 0.25) is 0 Å². The van der Waals surface area contributed by atoms with Crippen LogP contribution in [-0.2, 0) is 0 Å². The number of hydrogen-bond donors (Lipinski definition) is 2. The molecule has 1 aromatic rings. The molecule has 0 unspecified atom stereocenters. The average molecular weight is 224 g/mol. The maximum atomic E-state index is 8.67. The molecule has 4 heteroatoms. The third-order valence-electron chi connectivity index (χ3n) is 1.39. The van der Waals surface area contributed by atoms with Crippen LogP contribution in [0.15, 0.2) is 22.7 Å². The van der Waals surface area contributed by atoms with E-state index in [-0.39, 0.29) is 5.84 Å². The van der Waals surface area contributed by atoms with E-state index in [0.717, 1.165) is 4.47 Å². The summed E-state index contributed by atoms with van der Waals surface area (Å²) in [4.78, 5) is 0. The Morgan fingerprint density at radius 3 is 2.75 bits per heavy atom. The minimum absolute atomic E-state index is 0.0842. The fraction of sp³-hybridized carbons (Fsp3) is 0. The highest BCUT2D eigenvalue weighted by Crippen LogP contribution is 2.15. The smallest absolute Gasteiger partial charge is 0.124 e. The van der Waals surface area contributed by atoms with E-state index in [1.165, 1.54) is 0 Å². The first-order valence-corrected chi connectivity index (χ1v) is 3.98. The molecule has 1 aromatic carbocycles. The third-order valence-corrected chi connectivity index (χ3v) is 1.89. The number of nitrogens with two attached hydrogens (primary N) is 1. The standard InChI is InChI=1S/C8H6BrN3/c9-6-1-2-7(8(11)12)5(3-6)4-10/h1-3H,(H3,11,12). The molecule has 0 aliphatic carbocycles. The molecule has 0 heterocycles. The molecule has 0 saturated carbocycles. The van der Waals surface area contributed by atoms with E-state index >= 15 is 0 Å². The number of nitrogens with zero attached hydrogens (tertiary/aromatic N) is 1. The number of amidine groups is 1. The Morgan fingerprint density at radius 1 is 1.58 bits per heavy atom. The van der Waals surface area contributed by atoms with Gasteiger partial charge in [-0.3, -0.25) is 5.41 Å². The van der Waals surface area contributed by atoms with E-state index in [9.17, 15) is 0 Å². The number of hydrogen-bond acceptors (Lipinski definition) is 2. The number of nitrogens with one attached hydrogen (secondary N) is 1. The molecule has 0 radical (unpaired) electrons. The Kier molecular flexibility index (Phi) is 2.46. The Balaban J connectivity index is 3.32. The van der Waals surface area contributed by atoms with Crippen molar-refractivity contribution < 1.29 is 0 Å². The van der Waals surface area contributed by atoms with Gasteiger partial charge in [0.25, 0.3) is 0 Å². The summed E-state index contributed by atoms with van der Waals surface area (Å²) in [6.45, 7) is 0. The molecule has 0 fully saturated rings. The van der Waals surface area contributed by atoms with Crippen LogP contribution >= 0.6 is 15.9 Å². The topological polar surface area (TPSA) is 73.7 Å². The van der Waals surface area contributed by atoms with Gasteiger partial charge in [-0.1, -0.05) is 15.9 Å². The van der Waals surface area contributed by atoms with Crippen molar-refractivity contribution in [2.75, 3.05) is 0 Å². The van der Waals surface area contributed by atoms with E-state index in [0.29, 0.717) is 11.1 Å². The van der Waals surface area contributed by atoms with Crippen molar-refractivity contribution in [2.45, 2.75) is 0 Å². The lowest BCUT2D eigenvalue weighted by molar-refractivity contribution is 1.39. The molecular weight excluding hydrogens is 218 g/mol. The third kappa shape index (κ3) is 1.63. The SMILES string of the molecule is N#Cc1cc(Br)ccc1C(=N)N. The zero-order valence-electron chi connectivity index (χ0n) is 6.13. The molecular formula is C8H6BrN3. The van der Waals surface area contributed by atoms with E-state index in [1.807, 2.05) is 6.07 Å². The predicted molar refractivity (Wildman–Crippen MR) is 49.9 cm³/mol. The van der Waals surface area contributed by atoms with Gasteiger partial charge in [0.05, 0.1) is 11.6 Å². The van der Waals surface area contributed by atoms with Crippen LogP contribution in [-0.4, -0.2) is 5.84 Å². The molecule has 0 spiro atoms. The van der Waals surface area contributed by atoms with Crippen molar-refractivity contribution in [1.29, 1.82) is 10.7 Å². The summed E-state index contributed by atoms with van der Waals surface area (Å²) in [5.41, 5.74) is 6.14. The number of halogens is 1. The number of benzene rings is 1. The quantitative estimate of drug-likeness (QED) is 0.561. The van der Waals surface area contributed by atoms with Gasteiger partial charge in [0, 0.05) is 10.0 Å². The lowest BCUT2D eigenvalue weighted by atomic mass is 10.1. The fourth-order valence-corrected chi connectivity index (χ4v) is 1.20. The van der Waals surface area contributed by atoms with E-state index in [1.54, 1.807) is 18.2 Å². The van der Waals surface area contributed by atoms with Crippen LogP contribution in [0.4, 0.5) is 0 Å². The second kappa shape index (κ2) is 3.37. The van der Waals surface area contributed by atoms with Crippen molar-refractivity contribution in [3.63, 3.8) is 0 Å². The zero-order valence-corrected chi connectivity index (χ0v) is 7.72. The van der Waals surface area contributed by atoms with Crippen molar-refractivity contribution in [3.8, 4) is 6.07 Å². The highest BCUT2D eigenvalue weighted by molar-refractivity contribution is 9.10. The van der Waals surface area contributed by atoms with Crippen molar-refractivity contribution in [2.24, 2.45) is 5.73 Å². The normalized spacial score (nSPS) is 9.00. The molecule has 0 atom stereocenters. The average Bonchev–Trinajstić information content (AvgIpc) is 2.03. The van der Waals surface area contributed by atoms with Crippen LogP contribution < -0.4 is 5.73 Å². The van der Waals surface area contributed by atoms with Gasteiger partial charge in [-0.15, -0.1) is 0 Å². The number of nitriles is 1. The van der Waals surface area contributed by atoms with Gasteiger partial charge >= 0.3 is 0 Å². The van der Waals surface area contributed by atoms with Crippen molar-refractivity contribution in [1.82, 2.24) is 0 Å². The van der Waals surface area contributed by atoms with Crippen LogP contribution in [0, 0.1) is 16.7 Å². The van der Waals surface area contributed by atoms with Gasteiger partial charge in [0.1, 0.15) is 5.84 Å². The van der Waals surface area contributed by atoms with E-state index in [4.69, 9.17) is 16.4 Å². The molecule has 3 nitrogen and oxygen atoms in total. The van der Waals surface area contributed by atoms with Crippen LogP contribution in [0.1, 0.15) is 11.1 Å². The fourth-order valence-electron chi connectivity index (χ4n) is 0.844. The monoisotopic (exact) mass is 223 g/mol. The Labute approximate surface area is 78.4 Å². The van der Waals surface area contributed by atoms with Gasteiger partial charge < -0.3 is 5.73 Å². The van der Waals surface area contributed by atoms with Gasteiger partial charge in [-0.2, -0.15) is 5.26 Å². The van der Waals surface area contributed by atoms with E-state index < -0.39 is 0 Å². The van der Waals surface area contributed by atoms with Gasteiger partial charge in [0.15, 0.2) is 0 Å². The van der Waals surface area contributed by atoms with Crippen molar-refractivity contribution >= 4 is 21.8 Å². The maximum Gasteiger partial charge on any atom is 0.124 e. The minimum atomic E-state index is -0.0842. The Hall–Kier alpha value is -1.34. The maximum absolute atomic E-state index is 8.67. The molecule has 12 heavy (non-hydrogen) atoms. The molecule has 0 amide bonds. The van der Waals surface area contributed by atoms with Gasteiger partial charge in [-0.05, 0) is 18.2 Å². The van der Waals surface area contributed by atoms with Crippen LogP contribution in [0.25, 0.3) is 0 Å². The van der Waals surface area contributed by atoms with Crippen molar-refractivity contribution in [3.05, 3.63) is 33.8 Å². The van der Waals surface area contributed by atoms with Crippen LogP contribution in [0.5, 0.6) is 0 Å². The number of nitrogen functional groups attached to an aromatic ring is 1. The van der Waals surface area contributed by atoms with Crippen LogP contribution in [0.2, 0.25) is 0 Å². The minimum Gasteiger partial charge on any atom is -0.384 e. The summed E-state index contributed by atoms with van der Waals surface area (Å²) < 4.78 is 0.809. The Bertz CT molecular complexity index is 365. The highest BCUT2D eigenvalue weighted by atomic mass is 79.9. The molecule has 0 aliphatic heterocycles. The predicted octanol–water partition coefficient (Wildman–Crippen LogP) is 1.60. The highest BCUT2D eigenvalue weighted by Gasteiger charge is 2.04. The summed E-state index contributed by atoms with van der Waals surface area (Å²) in [5.74, 6) is -0.0842.